The van der Waals surface area contributed by atoms with Gasteiger partial charge in [0.25, 0.3) is 5.91 Å². The van der Waals surface area contributed by atoms with Gasteiger partial charge in [-0.3, -0.25) is 4.79 Å². The summed E-state index contributed by atoms with van der Waals surface area (Å²) >= 11 is 1.51. The van der Waals surface area contributed by atoms with E-state index >= 15 is 0 Å². The normalized spacial score (nSPS) is 14.9. The molecule has 2 N–H and O–H groups in total. The number of hydrogen-bond acceptors (Lipinski definition) is 3. The van der Waals surface area contributed by atoms with Gasteiger partial charge in [-0.05, 0) is 48.8 Å². The minimum Gasteiger partial charge on any atom is -0.352 e. The van der Waals surface area contributed by atoms with Gasteiger partial charge in [0.1, 0.15) is 5.82 Å². The minimum absolute atomic E-state index is 0.0343. The monoisotopic (exact) mass is 375 g/mol. The molecule has 138 valence electrons. The van der Waals surface area contributed by atoms with E-state index in [2.05, 4.69) is 10.6 Å². The second-order valence-electron chi connectivity index (χ2n) is 6.40. The lowest BCUT2D eigenvalue weighted by atomic mass is 9.93. The SMILES string of the molecule is O=C(NCCC1CCN(C(=O)Nc2ccccc2F)CC1)c1ccsc1. The van der Waals surface area contributed by atoms with E-state index < -0.39 is 5.82 Å². The Morgan fingerprint density at radius 1 is 1.19 bits per heavy atom. The molecule has 2 aromatic rings. The summed E-state index contributed by atoms with van der Waals surface area (Å²) in [5, 5.41) is 9.28. The van der Waals surface area contributed by atoms with Crippen LogP contribution in [-0.4, -0.2) is 36.5 Å². The Morgan fingerprint density at radius 3 is 2.65 bits per heavy atom. The molecule has 0 aliphatic carbocycles. The zero-order valence-electron chi connectivity index (χ0n) is 14.4. The van der Waals surface area contributed by atoms with E-state index in [0.29, 0.717) is 31.1 Å². The van der Waals surface area contributed by atoms with Gasteiger partial charge < -0.3 is 15.5 Å². The topological polar surface area (TPSA) is 61.4 Å². The molecule has 0 spiro atoms. The Bertz CT molecular complexity index is 743. The largest absolute Gasteiger partial charge is 0.352 e. The van der Waals surface area contributed by atoms with Crippen LogP contribution in [0.3, 0.4) is 0 Å². The molecule has 2 heterocycles. The number of nitrogens with zero attached hydrogens (tertiary/aromatic N) is 1. The van der Waals surface area contributed by atoms with Crippen molar-refractivity contribution in [2.24, 2.45) is 5.92 Å². The van der Waals surface area contributed by atoms with Crippen LogP contribution in [0.5, 0.6) is 0 Å². The van der Waals surface area contributed by atoms with Crippen LogP contribution >= 0.6 is 11.3 Å². The first-order chi connectivity index (χ1) is 12.6. The number of carbonyl (C=O) groups is 2. The third-order valence-corrected chi connectivity index (χ3v) is 5.32. The van der Waals surface area contributed by atoms with Crippen LogP contribution in [0.2, 0.25) is 0 Å². The number of hydrogen-bond donors (Lipinski definition) is 2. The molecule has 0 bridgehead atoms. The van der Waals surface area contributed by atoms with Crippen molar-refractivity contribution in [1.82, 2.24) is 10.2 Å². The highest BCUT2D eigenvalue weighted by Crippen LogP contribution is 2.21. The highest BCUT2D eigenvalue weighted by molar-refractivity contribution is 7.08. The Morgan fingerprint density at radius 2 is 1.96 bits per heavy atom. The summed E-state index contributed by atoms with van der Waals surface area (Å²) in [6, 6.07) is 7.71. The van der Waals surface area contributed by atoms with E-state index in [1.54, 1.807) is 23.1 Å². The van der Waals surface area contributed by atoms with Gasteiger partial charge in [0, 0.05) is 30.6 Å². The molecule has 0 atom stereocenters. The number of nitrogens with one attached hydrogen (secondary N) is 2. The number of rotatable bonds is 5. The lowest BCUT2D eigenvalue weighted by Gasteiger charge is -2.32. The molecule has 1 aliphatic rings. The number of anilines is 1. The Labute approximate surface area is 156 Å². The van der Waals surface area contributed by atoms with Gasteiger partial charge in [0.05, 0.1) is 5.69 Å². The highest BCUT2D eigenvalue weighted by Gasteiger charge is 2.23. The van der Waals surface area contributed by atoms with E-state index in [1.165, 1.54) is 17.4 Å². The highest BCUT2D eigenvalue weighted by atomic mass is 32.1. The molecule has 7 heteroatoms. The summed E-state index contributed by atoms with van der Waals surface area (Å²) in [7, 11) is 0. The van der Waals surface area contributed by atoms with Crippen LogP contribution < -0.4 is 10.6 Å². The molecule has 26 heavy (non-hydrogen) atoms. The second kappa shape index (κ2) is 8.80. The summed E-state index contributed by atoms with van der Waals surface area (Å²) in [5.74, 6) is 0.0142. The van der Waals surface area contributed by atoms with Gasteiger partial charge in [0.2, 0.25) is 0 Å². The zero-order chi connectivity index (χ0) is 18.4. The number of thiophene rings is 1. The first kappa shape index (κ1) is 18.4. The number of amides is 3. The number of para-hydroxylation sites is 1. The number of carbonyl (C=O) groups excluding carboxylic acids is 2. The van der Waals surface area contributed by atoms with Crippen molar-refractivity contribution in [2.75, 3.05) is 25.0 Å². The van der Waals surface area contributed by atoms with Crippen LogP contribution in [0.25, 0.3) is 0 Å². The van der Waals surface area contributed by atoms with Crippen molar-refractivity contribution in [3.8, 4) is 0 Å². The van der Waals surface area contributed by atoms with Gasteiger partial charge in [-0.1, -0.05) is 12.1 Å². The molecule has 3 rings (SSSR count). The van der Waals surface area contributed by atoms with Crippen molar-refractivity contribution in [1.29, 1.82) is 0 Å². The Hall–Kier alpha value is -2.41. The average Bonchev–Trinajstić information content (AvgIpc) is 3.19. The number of halogens is 1. The van der Waals surface area contributed by atoms with Crippen molar-refractivity contribution < 1.29 is 14.0 Å². The van der Waals surface area contributed by atoms with Crippen LogP contribution in [0.15, 0.2) is 41.1 Å². The third kappa shape index (κ3) is 4.82. The van der Waals surface area contributed by atoms with Gasteiger partial charge in [-0.25, -0.2) is 9.18 Å². The average molecular weight is 375 g/mol. The lowest BCUT2D eigenvalue weighted by molar-refractivity contribution is 0.0950. The zero-order valence-corrected chi connectivity index (χ0v) is 15.2. The molecule has 0 unspecified atom stereocenters. The van der Waals surface area contributed by atoms with Crippen LogP contribution in [0, 0.1) is 11.7 Å². The smallest absolute Gasteiger partial charge is 0.321 e. The van der Waals surface area contributed by atoms with E-state index in [0.717, 1.165) is 19.3 Å². The molecular weight excluding hydrogens is 353 g/mol. The summed E-state index contributed by atoms with van der Waals surface area (Å²) < 4.78 is 13.6. The molecule has 1 fully saturated rings. The van der Waals surface area contributed by atoms with E-state index in [9.17, 15) is 14.0 Å². The molecule has 1 aromatic carbocycles. The molecule has 3 amide bonds. The maximum atomic E-state index is 13.6. The van der Waals surface area contributed by atoms with E-state index in [1.807, 2.05) is 16.8 Å². The standard InChI is InChI=1S/C19H22FN3O2S/c20-16-3-1-2-4-17(16)22-19(25)23-10-6-14(7-11-23)5-9-21-18(24)15-8-12-26-13-15/h1-4,8,12-14H,5-7,9-11H2,(H,21,24)(H,22,25). The number of likely N-dealkylation sites (tertiary alicyclic amines) is 1. The van der Waals surface area contributed by atoms with Gasteiger partial charge in [0.15, 0.2) is 0 Å². The number of piperidine rings is 1. The maximum Gasteiger partial charge on any atom is 0.321 e. The van der Waals surface area contributed by atoms with E-state index in [-0.39, 0.29) is 17.6 Å². The van der Waals surface area contributed by atoms with Gasteiger partial charge in [-0.15, -0.1) is 0 Å². The van der Waals surface area contributed by atoms with Crippen LogP contribution in [0.1, 0.15) is 29.6 Å². The summed E-state index contributed by atoms with van der Waals surface area (Å²) in [6.45, 7) is 1.92. The fourth-order valence-corrected chi connectivity index (χ4v) is 3.70. The molecular formula is C19H22FN3O2S. The molecule has 0 saturated carbocycles. The quantitative estimate of drug-likeness (QED) is 0.831. The minimum atomic E-state index is -0.433. The number of benzene rings is 1. The molecule has 1 aromatic heterocycles. The Kier molecular flexibility index (Phi) is 6.22. The Balaban J connectivity index is 1.38. The number of urea groups is 1. The molecule has 1 aliphatic heterocycles. The predicted molar refractivity (Wildman–Crippen MR) is 101 cm³/mol. The van der Waals surface area contributed by atoms with Crippen molar-refractivity contribution in [2.45, 2.75) is 19.3 Å². The van der Waals surface area contributed by atoms with Gasteiger partial charge >= 0.3 is 6.03 Å². The fraction of sp³-hybridized carbons (Fsp3) is 0.368. The summed E-state index contributed by atoms with van der Waals surface area (Å²) in [6.07, 6.45) is 2.68. The van der Waals surface area contributed by atoms with E-state index in [4.69, 9.17) is 0 Å². The molecule has 5 nitrogen and oxygen atoms in total. The summed E-state index contributed by atoms with van der Waals surface area (Å²) in [4.78, 5) is 25.9. The van der Waals surface area contributed by atoms with Crippen molar-refractivity contribution in [3.63, 3.8) is 0 Å². The van der Waals surface area contributed by atoms with Crippen molar-refractivity contribution >= 4 is 29.0 Å². The molecule has 1 saturated heterocycles. The first-order valence-corrected chi connectivity index (χ1v) is 9.68. The van der Waals surface area contributed by atoms with Crippen LogP contribution in [-0.2, 0) is 0 Å². The fourth-order valence-electron chi connectivity index (χ4n) is 3.07. The van der Waals surface area contributed by atoms with Gasteiger partial charge in [-0.2, -0.15) is 11.3 Å². The third-order valence-electron chi connectivity index (χ3n) is 4.64. The summed E-state index contributed by atoms with van der Waals surface area (Å²) in [5.41, 5.74) is 0.908. The van der Waals surface area contributed by atoms with Crippen molar-refractivity contribution in [3.05, 3.63) is 52.5 Å². The first-order valence-electron chi connectivity index (χ1n) is 8.74. The predicted octanol–water partition coefficient (Wildman–Crippen LogP) is 3.95. The maximum absolute atomic E-state index is 13.6. The lowest BCUT2D eigenvalue weighted by Crippen LogP contribution is -2.41. The molecule has 0 radical (unpaired) electrons. The van der Waals surface area contributed by atoms with Crippen LogP contribution in [0.4, 0.5) is 14.9 Å². The second-order valence-corrected chi connectivity index (χ2v) is 7.18.